The van der Waals surface area contributed by atoms with Crippen LogP contribution < -0.4 is 10.1 Å². The van der Waals surface area contributed by atoms with Gasteiger partial charge in [0.1, 0.15) is 0 Å². The molecule has 0 spiro atoms. The molecule has 0 aliphatic heterocycles. The number of ether oxygens (including phenoxy) is 1. The summed E-state index contributed by atoms with van der Waals surface area (Å²) in [7, 11) is 0. The van der Waals surface area contributed by atoms with E-state index in [9.17, 15) is 15.0 Å². The highest BCUT2D eigenvalue weighted by molar-refractivity contribution is 5.78. The van der Waals surface area contributed by atoms with Gasteiger partial charge in [-0.3, -0.25) is 9.78 Å². The average molecular weight is 335 g/mol. The number of aliphatic hydroxyl groups is 2. The maximum absolute atomic E-state index is 12.3. The van der Waals surface area contributed by atoms with Gasteiger partial charge in [0.15, 0.2) is 0 Å². The number of hydrogen-bond donors (Lipinski definition) is 3. The molecule has 3 atom stereocenters. The zero-order chi connectivity index (χ0) is 17.0. The predicted molar refractivity (Wildman–Crippen MR) is 86.2 cm³/mol. The number of nitrogens with zero attached hydrogens (tertiary/aromatic N) is 2. The number of aliphatic hydroxyl groups excluding tert-OH is 2. The lowest BCUT2D eigenvalue weighted by Gasteiger charge is -2.29. The Hall–Kier alpha value is -1.73. The van der Waals surface area contributed by atoms with Crippen molar-refractivity contribution in [3.05, 3.63) is 18.6 Å². The van der Waals surface area contributed by atoms with E-state index in [-0.39, 0.29) is 18.4 Å². The van der Waals surface area contributed by atoms with Crippen molar-refractivity contribution in [2.45, 2.75) is 50.7 Å². The van der Waals surface area contributed by atoms with Crippen molar-refractivity contribution in [1.29, 1.82) is 0 Å². The Morgan fingerprint density at radius 1 is 1.25 bits per heavy atom. The zero-order valence-corrected chi connectivity index (χ0v) is 13.7. The Morgan fingerprint density at radius 3 is 2.58 bits per heavy atom. The minimum Gasteiger partial charge on any atom is -0.476 e. The third kappa shape index (κ3) is 4.02. The van der Waals surface area contributed by atoms with Crippen LogP contribution in [0, 0.1) is 11.3 Å². The first-order valence-corrected chi connectivity index (χ1v) is 8.61. The summed E-state index contributed by atoms with van der Waals surface area (Å²) in [5, 5.41) is 22.9. The second kappa shape index (κ2) is 7.44. The number of nitrogens with one attached hydrogen (secondary N) is 1. The van der Waals surface area contributed by atoms with Gasteiger partial charge in [-0.15, -0.1) is 0 Å². The highest BCUT2D eigenvalue weighted by Gasteiger charge is 2.45. The molecular formula is C17H25N3O4. The fourth-order valence-electron chi connectivity index (χ4n) is 3.75. The van der Waals surface area contributed by atoms with Gasteiger partial charge in [-0.05, 0) is 25.7 Å². The molecule has 1 aromatic rings. The van der Waals surface area contributed by atoms with Gasteiger partial charge >= 0.3 is 0 Å². The average Bonchev–Trinajstić information content (AvgIpc) is 3.22. The van der Waals surface area contributed by atoms with Crippen LogP contribution in [0.25, 0.3) is 0 Å². The Bertz CT molecular complexity index is 538. The molecule has 3 N–H and O–H groups in total. The Labute approximate surface area is 141 Å². The SMILES string of the molecule is O=C(NCC1(COc2cnccn2)C[C@@H](O)[C@@H](O)C1)C1CCCC1. The summed E-state index contributed by atoms with van der Waals surface area (Å²) in [5.41, 5.74) is -0.495. The summed E-state index contributed by atoms with van der Waals surface area (Å²) in [6.07, 6.45) is 7.92. The number of rotatable bonds is 6. The molecule has 0 saturated heterocycles. The van der Waals surface area contributed by atoms with Crippen molar-refractivity contribution >= 4 is 5.91 Å². The van der Waals surface area contributed by atoms with Crippen LogP contribution in [0.2, 0.25) is 0 Å². The van der Waals surface area contributed by atoms with Crippen molar-refractivity contribution in [1.82, 2.24) is 15.3 Å². The zero-order valence-electron chi connectivity index (χ0n) is 13.7. The molecule has 132 valence electrons. The molecule has 2 aliphatic rings. The lowest BCUT2D eigenvalue weighted by molar-refractivity contribution is -0.125. The van der Waals surface area contributed by atoms with Crippen LogP contribution in [-0.2, 0) is 4.79 Å². The van der Waals surface area contributed by atoms with Crippen LogP contribution in [0.5, 0.6) is 5.88 Å². The van der Waals surface area contributed by atoms with E-state index in [0.29, 0.717) is 25.3 Å². The predicted octanol–water partition coefficient (Wildman–Crippen LogP) is 0.664. The number of carbonyl (C=O) groups excluding carboxylic acids is 1. The quantitative estimate of drug-likeness (QED) is 0.705. The van der Waals surface area contributed by atoms with Gasteiger partial charge in [-0.25, -0.2) is 4.98 Å². The molecule has 2 saturated carbocycles. The smallest absolute Gasteiger partial charge is 0.232 e. The van der Waals surface area contributed by atoms with Gasteiger partial charge < -0.3 is 20.3 Å². The van der Waals surface area contributed by atoms with Gasteiger partial charge in [-0.1, -0.05) is 12.8 Å². The van der Waals surface area contributed by atoms with Crippen LogP contribution >= 0.6 is 0 Å². The number of amides is 1. The maximum Gasteiger partial charge on any atom is 0.232 e. The first-order chi connectivity index (χ1) is 11.6. The second-order valence-electron chi connectivity index (χ2n) is 7.07. The number of carbonyl (C=O) groups is 1. The first kappa shape index (κ1) is 17.1. The summed E-state index contributed by atoms with van der Waals surface area (Å²) < 4.78 is 5.70. The van der Waals surface area contributed by atoms with Crippen LogP contribution in [0.1, 0.15) is 38.5 Å². The molecule has 0 aromatic carbocycles. The molecule has 1 aromatic heterocycles. The molecular weight excluding hydrogens is 310 g/mol. The summed E-state index contributed by atoms with van der Waals surface area (Å²) in [6.45, 7) is 0.654. The standard InChI is InChI=1S/C17H25N3O4/c21-13-7-17(8-14(13)22,11-24-15-9-18-5-6-19-15)10-20-16(23)12-3-1-2-4-12/h5-6,9,12-14,21-22H,1-4,7-8,10-11H2,(H,20,23)/t13-,14+,17?. The Morgan fingerprint density at radius 2 is 1.96 bits per heavy atom. The minimum atomic E-state index is -0.793. The fraction of sp³-hybridized carbons (Fsp3) is 0.706. The van der Waals surface area contributed by atoms with E-state index in [2.05, 4.69) is 15.3 Å². The monoisotopic (exact) mass is 335 g/mol. The molecule has 1 amide bonds. The highest BCUT2D eigenvalue weighted by atomic mass is 16.5. The fourth-order valence-corrected chi connectivity index (χ4v) is 3.75. The summed E-state index contributed by atoms with van der Waals surface area (Å²) in [4.78, 5) is 20.3. The second-order valence-corrected chi connectivity index (χ2v) is 7.07. The third-order valence-electron chi connectivity index (χ3n) is 5.16. The van der Waals surface area contributed by atoms with Crippen molar-refractivity contribution in [3.8, 4) is 5.88 Å². The van der Waals surface area contributed by atoms with E-state index in [4.69, 9.17) is 4.74 Å². The van der Waals surface area contributed by atoms with Gasteiger partial charge in [0.05, 0.1) is 25.0 Å². The van der Waals surface area contributed by atoms with Gasteiger partial charge in [0, 0.05) is 30.3 Å². The van der Waals surface area contributed by atoms with Crippen molar-refractivity contribution < 1.29 is 19.7 Å². The summed E-state index contributed by atoms with van der Waals surface area (Å²) in [5.74, 6) is 0.566. The van der Waals surface area contributed by atoms with Gasteiger partial charge in [0.25, 0.3) is 0 Å². The van der Waals surface area contributed by atoms with E-state index in [0.717, 1.165) is 25.7 Å². The minimum absolute atomic E-state index is 0.0715. The summed E-state index contributed by atoms with van der Waals surface area (Å²) >= 11 is 0. The van der Waals surface area contributed by atoms with Crippen molar-refractivity contribution in [3.63, 3.8) is 0 Å². The van der Waals surface area contributed by atoms with Crippen LogP contribution in [0.15, 0.2) is 18.6 Å². The first-order valence-electron chi connectivity index (χ1n) is 8.61. The molecule has 0 bridgehead atoms. The van der Waals surface area contributed by atoms with E-state index in [1.165, 1.54) is 6.20 Å². The van der Waals surface area contributed by atoms with E-state index >= 15 is 0 Å². The molecule has 24 heavy (non-hydrogen) atoms. The molecule has 1 unspecified atom stereocenters. The van der Waals surface area contributed by atoms with Crippen LogP contribution in [-0.4, -0.2) is 51.4 Å². The van der Waals surface area contributed by atoms with E-state index < -0.39 is 17.6 Å². The summed E-state index contributed by atoms with van der Waals surface area (Å²) in [6, 6.07) is 0. The highest BCUT2D eigenvalue weighted by Crippen LogP contribution is 2.38. The molecule has 3 rings (SSSR count). The van der Waals surface area contributed by atoms with Crippen molar-refractivity contribution in [2.24, 2.45) is 11.3 Å². The Kier molecular flexibility index (Phi) is 5.30. The molecule has 2 aliphatic carbocycles. The third-order valence-corrected chi connectivity index (χ3v) is 5.16. The molecule has 7 nitrogen and oxygen atoms in total. The number of hydrogen-bond acceptors (Lipinski definition) is 6. The molecule has 2 fully saturated rings. The van der Waals surface area contributed by atoms with Crippen LogP contribution in [0.3, 0.4) is 0 Å². The molecule has 1 heterocycles. The van der Waals surface area contributed by atoms with E-state index in [1.54, 1.807) is 12.4 Å². The lowest BCUT2D eigenvalue weighted by Crippen LogP contribution is -2.42. The maximum atomic E-state index is 12.3. The largest absolute Gasteiger partial charge is 0.476 e. The molecule has 0 radical (unpaired) electrons. The topological polar surface area (TPSA) is 105 Å². The van der Waals surface area contributed by atoms with Crippen molar-refractivity contribution in [2.75, 3.05) is 13.2 Å². The van der Waals surface area contributed by atoms with Gasteiger partial charge in [-0.2, -0.15) is 0 Å². The Balaban J connectivity index is 1.61. The lowest BCUT2D eigenvalue weighted by atomic mass is 9.86. The number of aromatic nitrogens is 2. The molecule has 7 heteroatoms. The normalized spacial score (nSPS) is 30.4. The van der Waals surface area contributed by atoms with E-state index in [1.807, 2.05) is 0 Å². The van der Waals surface area contributed by atoms with Gasteiger partial charge in [0.2, 0.25) is 11.8 Å². The van der Waals surface area contributed by atoms with Crippen LogP contribution in [0.4, 0.5) is 0 Å².